The van der Waals surface area contributed by atoms with Crippen LogP contribution in [0.2, 0.25) is 0 Å². The van der Waals surface area contributed by atoms with Gasteiger partial charge in [-0.05, 0) is 31.9 Å². The van der Waals surface area contributed by atoms with E-state index in [1.165, 1.54) is 6.92 Å². The second-order valence-electron chi connectivity index (χ2n) is 5.73. The Morgan fingerprint density at radius 2 is 2.14 bits per heavy atom. The molecular formula is C15H21FN2O4. The van der Waals surface area contributed by atoms with Gasteiger partial charge in [0.15, 0.2) is 0 Å². The quantitative estimate of drug-likeness (QED) is 0.623. The second kappa shape index (κ2) is 6.83. The Hall–Kier alpha value is -2.02. The summed E-state index contributed by atoms with van der Waals surface area (Å²) in [5, 5.41) is 23.8. The molecule has 0 saturated carbocycles. The molecule has 0 radical (unpaired) electrons. The molecule has 2 atom stereocenters. The summed E-state index contributed by atoms with van der Waals surface area (Å²) in [5.74, 6) is -1.57. The molecule has 0 aromatic heterocycles. The number of aliphatic hydroxyl groups is 1. The molecule has 7 heteroatoms. The number of hydrogen-bond acceptors (Lipinski definition) is 4. The van der Waals surface area contributed by atoms with E-state index in [4.69, 9.17) is 0 Å². The maximum Gasteiger partial charge on any atom is 0.285 e. The molecular weight excluding hydrogens is 291 g/mol. The third-order valence-corrected chi connectivity index (χ3v) is 3.97. The average Bonchev–Trinajstić information content (AvgIpc) is 2.42. The standard InChI is InChI=1S/C15H21FN2O4/c1-5-10(3)15(4,20)8-17-14(19)12-7-11(16)6-9(2)13(12)18(21)22/h6-7,10,20H,5,8H2,1-4H3,(H,17,19). The van der Waals surface area contributed by atoms with Gasteiger partial charge in [-0.1, -0.05) is 20.3 Å². The summed E-state index contributed by atoms with van der Waals surface area (Å²) in [4.78, 5) is 22.5. The van der Waals surface area contributed by atoms with Crippen molar-refractivity contribution >= 4 is 11.6 Å². The smallest absolute Gasteiger partial charge is 0.285 e. The number of halogens is 1. The first-order valence-electron chi connectivity index (χ1n) is 7.05. The van der Waals surface area contributed by atoms with Crippen molar-refractivity contribution in [2.75, 3.05) is 6.54 Å². The SMILES string of the molecule is CCC(C)C(C)(O)CNC(=O)c1cc(F)cc(C)c1[N+](=O)[O-]. The van der Waals surface area contributed by atoms with Crippen molar-refractivity contribution in [3.8, 4) is 0 Å². The summed E-state index contributed by atoms with van der Waals surface area (Å²) in [7, 11) is 0. The molecule has 1 amide bonds. The van der Waals surface area contributed by atoms with Crippen LogP contribution < -0.4 is 5.32 Å². The Bertz CT molecular complexity index is 587. The highest BCUT2D eigenvalue weighted by Gasteiger charge is 2.30. The molecule has 0 aliphatic carbocycles. The Labute approximate surface area is 128 Å². The van der Waals surface area contributed by atoms with E-state index in [0.717, 1.165) is 12.1 Å². The molecule has 2 unspecified atom stereocenters. The van der Waals surface area contributed by atoms with Gasteiger partial charge in [-0.25, -0.2) is 4.39 Å². The third-order valence-electron chi connectivity index (χ3n) is 3.97. The molecule has 0 fully saturated rings. The number of nitrogens with zero attached hydrogens (tertiary/aromatic N) is 1. The van der Waals surface area contributed by atoms with Gasteiger partial charge in [0, 0.05) is 12.1 Å². The highest BCUT2D eigenvalue weighted by Crippen LogP contribution is 2.25. The average molecular weight is 312 g/mol. The van der Waals surface area contributed by atoms with Gasteiger partial charge in [0.05, 0.1) is 10.5 Å². The van der Waals surface area contributed by atoms with E-state index in [2.05, 4.69) is 5.32 Å². The zero-order chi connectivity index (χ0) is 17.1. The van der Waals surface area contributed by atoms with Gasteiger partial charge in [0.1, 0.15) is 11.4 Å². The van der Waals surface area contributed by atoms with Crippen molar-refractivity contribution in [3.05, 3.63) is 39.2 Å². The summed E-state index contributed by atoms with van der Waals surface area (Å²) in [6.07, 6.45) is 0.710. The molecule has 0 spiro atoms. The largest absolute Gasteiger partial charge is 0.388 e. The lowest BCUT2D eigenvalue weighted by atomic mass is 9.88. The second-order valence-corrected chi connectivity index (χ2v) is 5.73. The maximum atomic E-state index is 13.4. The van der Waals surface area contributed by atoms with Gasteiger partial charge in [0.2, 0.25) is 0 Å². The predicted molar refractivity (Wildman–Crippen MR) is 80.2 cm³/mol. The monoisotopic (exact) mass is 312 g/mol. The van der Waals surface area contributed by atoms with E-state index < -0.39 is 27.9 Å². The van der Waals surface area contributed by atoms with E-state index in [1.807, 2.05) is 13.8 Å². The van der Waals surface area contributed by atoms with Crippen LogP contribution in [0, 0.1) is 28.8 Å². The van der Waals surface area contributed by atoms with Crippen molar-refractivity contribution in [1.29, 1.82) is 0 Å². The lowest BCUT2D eigenvalue weighted by molar-refractivity contribution is -0.385. The molecule has 122 valence electrons. The van der Waals surface area contributed by atoms with Crippen LogP contribution in [0.25, 0.3) is 0 Å². The number of nitro benzene ring substituents is 1. The summed E-state index contributed by atoms with van der Waals surface area (Å²) < 4.78 is 13.4. The van der Waals surface area contributed by atoms with Crippen molar-refractivity contribution in [3.63, 3.8) is 0 Å². The van der Waals surface area contributed by atoms with E-state index in [1.54, 1.807) is 6.92 Å². The molecule has 6 nitrogen and oxygen atoms in total. The Kier molecular flexibility index (Phi) is 5.59. The zero-order valence-corrected chi connectivity index (χ0v) is 13.1. The molecule has 0 aliphatic rings. The van der Waals surface area contributed by atoms with Crippen molar-refractivity contribution in [2.45, 2.75) is 39.7 Å². The number of hydrogen-bond donors (Lipinski definition) is 2. The number of nitrogens with one attached hydrogen (secondary N) is 1. The van der Waals surface area contributed by atoms with E-state index >= 15 is 0 Å². The number of nitro groups is 1. The predicted octanol–water partition coefficient (Wildman–Crippen LogP) is 2.57. The molecule has 22 heavy (non-hydrogen) atoms. The number of carbonyl (C=O) groups is 1. The lowest BCUT2D eigenvalue weighted by Crippen LogP contribution is -2.45. The van der Waals surface area contributed by atoms with Crippen molar-refractivity contribution in [2.24, 2.45) is 5.92 Å². The third kappa shape index (κ3) is 4.00. The first kappa shape index (κ1) is 18.0. The summed E-state index contributed by atoms with van der Waals surface area (Å²) in [6, 6.07) is 1.84. The van der Waals surface area contributed by atoms with Gasteiger partial charge in [-0.3, -0.25) is 14.9 Å². The minimum absolute atomic E-state index is 0.0722. The summed E-state index contributed by atoms with van der Waals surface area (Å²) in [5.41, 5.74) is -1.85. The molecule has 2 N–H and O–H groups in total. The van der Waals surface area contributed by atoms with E-state index in [0.29, 0.717) is 6.42 Å². The minimum Gasteiger partial charge on any atom is -0.388 e. The molecule has 1 rings (SSSR count). The fourth-order valence-corrected chi connectivity index (χ4v) is 2.12. The molecule has 0 heterocycles. The van der Waals surface area contributed by atoms with Gasteiger partial charge in [0.25, 0.3) is 11.6 Å². The van der Waals surface area contributed by atoms with Crippen molar-refractivity contribution < 1.29 is 19.2 Å². The van der Waals surface area contributed by atoms with Crippen LogP contribution in [-0.2, 0) is 0 Å². The first-order chi connectivity index (χ1) is 10.1. The van der Waals surface area contributed by atoms with Crippen LogP contribution in [0.1, 0.15) is 43.1 Å². The van der Waals surface area contributed by atoms with Crippen LogP contribution in [0.15, 0.2) is 12.1 Å². The zero-order valence-electron chi connectivity index (χ0n) is 13.1. The van der Waals surface area contributed by atoms with Gasteiger partial charge in [-0.2, -0.15) is 0 Å². The lowest BCUT2D eigenvalue weighted by Gasteiger charge is -2.29. The summed E-state index contributed by atoms with van der Waals surface area (Å²) in [6.45, 7) is 6.61. The van der Waals surface area contributed by atoms with E-state index in [9.17, 15) is 24.4 Å². The van der Waals surface area contributed by atoms with Crippen LogP contribution >= 0.6 is 0 Å². The minimum atomic E-state index is -1.15. The van der Waals surface area contributed by atoms with Gasteiger partial charge >= 0.3 is 0 Å². The van der Waals surface area contributed by atoms with Crippen LogP contribution in [0.4, 0.5) is 10.1 Å². The number of carbonyl (C=O) groups excluding carboxylic acids is 1. The van der Waals surface area contributed by atoms with Crippen LogP contribution in [-0.4, -0.2) is 28.1 Å². The van der Waals surface area contributed by atoms with E-state index in [-0.39, 0.29) is 23.6 Å². The maximum absolute atomic E-state index is 13.4. The topological polar surface area (TPSA) is 92.5 Å². The number of rotatable bonds is 6. The van der Waals surface area contributed by atoms with Gasteiger partial charge in [-0.15, -0.1) is 0 Å². The fourth-order valence-electron chi connectivity index (χ4n) is 2.12. The number of amides is 1. The van der Waals surface area contributed by atoms with Crippen LogP contribution in [0.5, 0.6) is 0 Å². The number of benzene rings is 1. The molecule has 0 bridgehead atoms. The molecule has 1 aromatic rings. The number of aryl methyl sites for hydroxylation is 1. The van der Waals surface area contributed by atoms with Crippen LogP contribution in [0.3, 0.4) is 0 Å². The highest BCUT2D eigenvalue weighted by molar-refractivity contribution is 5.98. The molecule has 0 aliphatic heterocycles. The normalized spacial score (nSPS) is 15.0. The first-order valence-corrected chi connectivity index (χ1v) is 7.05. The highest BCUT2D eigenvalue weighted by atomic mass is 19.1. The molecule has 1 aromatic carbocycles. The Morgan fingerprint density at radius 1 is 1.55 bits per heavy atom. The van der Waals surface area contributed by atoms with Gasteiger partial charge < -0.3 is 10.4 Å². The van der Waals surface area contributed by atoms with Crippen molar-refractivity contribution in [1.82, 2.24) is 5.32 Å². The Balaban J connectivity index is 3.02. The Morgan fingerprint density at radius 3 is 2.64 bits per heavy atom. The summed E-state index contributed by atoms with van der Waals surface area (Å²) >= 11 is 0. The fraction of sp³-hybridized carbons (Fsp3) is 0.533. The molecule has 0 saturated heterocycles.